The van der Waals surface area contributed by atoms with Gasteiger partial charge in [-0.25, -0.2) is 0 Å². The monoisotopic (exact) mass is 273 g/mol. The molecule has 0 saturated carbocycles. The van der Waals surface area contributed by atoms with E-state index in [0.717, 1.165) is 12.4 Å². The van der Waals surface area contributed by atoms with Crippen LogP contribution < -0.4 is 0 Å². The van der Waals surface area contributed by atoms with Crippen molar-refractivity contribution in [2.24, 2.45) is 0 Å². The summed E-state index contributed by atoms with van der Waals surface area (Å²) in [6.07, 6.45) is 8.85. The molecule has 0 N–H and O–H groups in total. The van der Waals surface area contributed by atoms with Gasteiger partial charge in [0, 0.05) is 31.4 Å². The van der Waals surface area contributed by atoms with Crippen molar-refractivity contribution in [3.8, 4) is 0 Å². The zero-order valence-electron chi connectivity index (χ0n) is 11.6. The Morgan fingerprint density at radius 1 is 1.20 bits per heavy atom. The Labute approximate surface area is 117 Å². The van der Waals surface area contributed by atoms with Crippen LogP contribution in [-0.2, 0) is 6.54 Å². The van der Waals surface area contributed by atoms with Crippen LogP contribution in [0.1, 0.15) is 43.5 Å². The van der Waals surface area contributed by atoms with E-state index in [1.54, 1.807) is 0 Å². The smallest absolute Gasteiger partial charge is 0.230 e. The molecule has 20 heavy (non-hydrogen) atoms. The van der Waals surface area contributed by atoms with Crippen molar-refractivity contribution in [1.29, 1.82) is 0 Å². The van der Waals surface area contributed by atoms with Gasteiger partial charge in [0.05, 0.1) is 12.6 Å². The van der Waals surface area contributed by atoms with Crippen molar-refractivity contribution in [3.05, 3.63) is 30.2 Å². The fourth-order valence-corrected chi connectivity index (χ4v) is 3.77. The van der Waals surface area contributed by atoms with E-state index in [0.29, 0.717) is 24.0 Å². The maximum atomic E-state index is 5.53. The molecular formula is C14H19N5O. The highest BCUT2D eigenvalue weighted by Gasteiger charge is 2.41. The number of rotatable bonds is 3. The molecule has 2 aromatic rings. The first-order valence-electron chi connectivity index (χ1n) is 7.33. The summed E-state index contributed by atoms with van der Waals surface area (Å²) in [7, 11) is 0. The molecule has 0 aliphatic carbocycles. The molecule has 2 atom stereocenters. The summed E-state index contributed by atoms with van der Waals surface area (Å²) in [5, 5.41) is 12.5. The molecule has 0 spiro atoms. The lowest BCUT2D eigenvalue weighted by Gasteiger charge is -2.38. The second kappa shape index (κ2) is 4.70. The summed E-state index contributed by atoms with van der Waals surface area (Å²) in [5.41, 5.74) is 0. The number of hydrogen-bond donors (Lipinski definition) is 0. The van der Waals surface area contributed by atoms with Gasteiger partial charge in [0.25, 0.3) is 0 Å². The first-order valence-corrected chi connectivity index (χ1v) is 7.33. The van der Waals surface area contributed by atoms with Gasteiger partial charge in [0.15, 0.2) is 0 Å². The molecule has 4 rings (SSSR count). The first-order chi connectivity index (χ1) is 9.79. The minimum Gasteiger partial charge on any atom is -0.424 e. The third-order valence-corrected chi connectivity index (χ3v) is 4.64. The highest BCUT2D eigenvalue weighted by molar-refractivity contribution is 4.99. The van der Waals surface area contributed by atoms with E-state index in [4.69, 9.17) is 4.42 Å². The molecule has 6 nitrogen and oxygen atoms in total. The Hall–Kier alpha value is -1.69. The summed E-state index contributed by atoms with van der Waals surface area (Å²) in [6.45, 7) is 2.64. The van der Waals surface area contributed by atoms with Gasteiger partial charge in [-0.05, 0) is 31.7 Å². The molecule has 106 valence electrons. The SMILES string of the molecule is Cc1nnc(CN2C3CCC2CC(n2cccn2)C3)o1. The summed E-state index contributed by atoms with van der Waals surface area (Å²) in [5.74, 6) is 1.40. The van der Waals surface area contributed by atoms with Crippen LogP contribution in [-0.4, -0.2) is 37.0 Å². The molecule has 2 bridgehead atoms. The van der Waals surface area contributed by atoms with Crippen molar-refractivity contribution >= 4 is 0 Å². The van der Waals surface area contributed by atoms with Gasteiger partial charge in [0.2, 0.25) is 11.8 Å². The molecule has 2 aliphatic rings. The van der Waals surface area contributed by atoms with E-state index >= 15 is 0 Å². The van der Waals surface area contributed by atoms with Gasteiger partial charge >= 0.3 is 0 Å². The van der Waals surface area contributed by atoms with E-state index in [1.807, 2.05) is 19.2 Å². The van der Waals surface area contributed by atoms with Crippen LogP contribution in [0.25, 0.3) is 0 Å². The summed E-state index contributed by atoms with van der Waals surface area (Å²) < 4.78 is 7.65. The van der Waals surface area contributed by atoms with E-state index in [1.165, 1.54) is 25.7 Å². The van der Waals surface area contributed by atoms with Crippen LogP contribution >= 0.6 is 0 Å². The first kappa shape index (κ1) is 12.1. The Morgan fingerprint density at radius 3 is 2.60 bits per heavy atom. The second-order valence-corrected chi connectivity index (χ2v) is 5.88. The van der Waals surface area contributed by atoms with Crippen LogP contribution in [0.3, 0.4) is 0 Å². The molecular weight excluding hydrogens is 254 g/mol. The quantitative estimate of drug-likeness (QED) is 0.855. The van der Waals surface area contributed by atoms with Crippen LogP contribution in [0.2, 0.25) is 0 Å². The molecule has 6 heteroatoms. The van der Waals surface area contributed by atoms with Gasteiger partial charge in [-0.1, -0.05) is 0 Å². The van der Waals surface area contributed by atoms with Crippen molar-refractivity contribution in [2.75, 3.05) is 0 Å². The fraction of sp³-hybridized carbons (Fsp3) is 0.643. The van der Waals surface area contributed by atoms with Gasteiger partial charge in [0.1, 0.15) is 0 Å². The van der Waals surface area contributed by atoms with Crippen LogP contribution in [0.4, 0.5) is 0 Å². The maximum absolute atomic E-state index is 5.53. The molecule has 2 saturated heterocycles. The number of piperidine rings is 1. The second-order valence-electron chi connectivity index (χ2n) is 5.88. The normalized spacial score (nSPS) is 29.9. The predicted molar refractivity (Wildman–Crippen MR) is 71.9 cm³/mol. The van der Waals surface area contributed by atoms with Gasteiger partial charge < -0.3 is 4.42 Å². The molecule has 4 heterocycles. The number of hydrogen-bond acceptors (Lipinski definition) is 5. The fourth-order valence-electron chi connectivity index (χ4n) is 3.77. The van der Waals surface area contributed by atoms with E-state index < -0.39 is 0 Å². The molecule has 2 fully saturated rings. The maximum Gasteiger partial charge on any atom is 0.230 e. The Balaban J connectivity index is 1.49. The molecule has 0 aromatic carbocycles. The third kappa shape index (κ3) is 2.04. The number of fused-ring (bicyclic) bond motifs is 2. The largest absolute Gasteiger partial charge is 0.424 e. The Bertz CT molecular complexity index is 564. The Morgan fingerprint density at radius 2 is 2.00 bits per heavy atom. The minimum absolute atomic E-state index is 0.545. The van der Waals surface area contributed by atoms with Gasteiger partial charge in [-0.15, -0.1) is 10.2 Å². The average molecular weight is 273 g/mol. The molecule has 2 unspecified atom stereocenters. The summed E-state index contributed by atoms with van der Waals surface area (Å²) >= 11 is 0. The van der Waals surface area contributed by atoms with Crippen LogP contribution in [0, 0.1) is 6.92 Å². The number of nitrogens with zero attached hydrogens (tertiary/aromatic N) is 5. The molecule has 0 amide bonds. The predicted octanol–water partition coefficient (Wildman–Crippen LogP) is 1.94. The molecule has 2 aromatic heterocycles. The van der Waals surface area contributed by atoms with Crippen molar-refractivity contribution in [1.82, 2.24) is 24.9 Å². The lowest BCUT2D eigenvalue weighted by atomic mass is 9.97. The highest BCUT2D eigenvalue weighted by Crippen LogP contribution is 2.41. The minimum atomic E-state index is 0.545. The van der Waals surface area contributed by atoms with Gasteiger partial charge in [-0.2, -0.15) is 5.10 Å². The molecule has 2 aliphatic heterocycles. The van der Waals surface area contributed by atoms with Crippen LogP contribution in [0.15, 0.2) is 22.9 Å². The van der Waals surface area contributed by atoms with Crippen molar-refractivity contribution in [2.45, 2.75) is 57.3 Å². The van der Waals surface area contributed by atoms with E-state index in [2.05, 4.69) is 31.1 Å². The highest BCUT2D eigenvalue weighted by atomic mass is 16.4. The van der Waals surface area contributed by atoms with E-state index in [9.17, 15) is 0 Å². The number of aryl methyl sites for hydroxylation is 1. The number of aromatic nitrogens is 4. The third-order valence-electron chi connectivity index (χ3n) is 4.64. The lowest BCUT2D eigenvalue weighted by molar-refractivity contribution is 0.0858. The van der Waals surface area contributed by atoms with Crippen molar-refractivity contribution < 1.29 is 4.42 Å². The Kier molecular flexibility index (Phi) is 2.84. The molecule has 0 radical (unpaired) electrons. The summed E-state index contributed by atoms with van der Waals surface area (Å²) in [6, 6.07) is 3.80. The average Bonchev–Trinajstić information content (AvgIpc) is 3.13. The standard InChI is InChI=1S/C14H19N5O/c1-10-16-17-14(20-10)9-18-11-3-4-12(18)8-13(7-11)19-6-2-5-15-19/h2,5-6,11-13H,3-4,7-9H2,1H3. The zero-order valence-corrected chi connectivity index (χ0v) is 11.6. The van der Waals surface area contributed by atoms with Gasteiger partial charge in [-0.3, -0.25) is 9.58 Å². The topological polar surface area (TPSA) is 60.0 Å². The van der Waals surface area contributed by atoms with E-state index in [-0.39, 0.29) is 0 Å². The summed E-state index contributed by atoms with van der Waals surface area (Å²) in [4.78, 5) is 2.55. The zero-order chi connectivity index (χ0) is 13.5. The lowest BCUT2D eigenvalue weighted by Crippen LogP contribution is -2.43. The van der Waals surface area contributed by atoms with Crippen molar-refractivity contribution in [3.63, 3.8) is 0 Å². The van der Waals surface area contributed by atoms with Crippen LogP contribution in [0.5, 0.6) is 0 Å².